The van der Waals surface area contributed by atoms with Crippen LogP contribution in [0.5, 0.6) is 0 Å². The fourth-order valence-electron chi connectivity index (χ4n) is 2.06. The van der Waals surface area contributed by atoms with Gasteiger partial charge in [-0.1, -0.05) is 73.3 Å². The third kappa shape index (κ3) is 5.80. The van der Waals surface area contributed by atoms with Crippen LogP contribution in [0.3, 0.4) is 0 Å². The number of benzene rings is 1. The molecule has 1 rings (SSSR count). The van der Waals surface area contributed by atoms with E-state index >= 15 is 0 Å². The van der Waals surface area contributed by atoms with Crippen LogP contribution in [0.25, 0.3) is 0 Å². The molecule has 0 radical (unpaired) electrons. The van der Waals surface area contributed by atoms with E-state index in [9.17, 15) is 0 Å². The second kappa shape index (κ2) is 9.40. The van der Waals surface area contributed by atoms with Crippen molar-refractivity contribution in [3.63, 3.8) is 0 Å². The van der Waals surface area contributed by atoms with Gasteiger partial charge in [0.15, 0.2) is 0 Å². The Labute approximate surface area is 145 Å². The second-order valence-corrected chi connectivity index (χ2v) is 9.22. The quantitative estimate of drug-likeness (QED) is 0.377. The lowest BCUT2D eigenvalue weighted by molar-refractivity contribution is 0.789. The molecule has 120 valence electrons. The van der Waals surface area contributed by atoms with Crippen molar-refractivity contribution in [1.82, 2.24) is 0 Å². The van der Waals surface area contributed by atoms with Crippen LogP contribution in [0.2, 0.25) is 0 Å². The average Bonchev–Trinajstić information content (AvgIpc) is 2.50. The average molecular weight is 356 g/mol. The van der Waals surface area contributed by atoms with E-state index in [1.807, 2.05) is 31.2 Å². The van der Waals surface area contributed by atoms with E-state index < -0.39 is 6.63 Å². The largest absolute Gasteiger partial charge is 0.370 e. The zero-order valence-electron chi connectivity index (χ0n) is 13.7. The highest BCUT2D eigenvalue weighted by molar-refractivity contribution is 8.06. The smallest absolute Gasteiger partial charge is 0.112 e. The molecule has 4 heteroatoms. The molecular formula is C18H24Cl2NP. The normalized spacial score (nSPS) is 13.4. The number of anilines is 1. The minimum absolute atomic E-state index is 0.416. The molecule has 0 aliphatic heterocycles. The SMILES string of the molecule is C=C/C(=C\C(CN(C)c1ccccc1)=C(/C)P(Cl)Cl)C(C)C. The summed E-state index contributed by atoms with van der Waals surface area (Å²) in [6.07, 6.45) is 4.08. The van der Waals surface area contributed by atoms with Gasteiger partial charge in [-0.3, -0.25) is 0 Å². The molecule has 0 fully saturated rings. The molecule has 0 amide bonds. The van der Waals surface area contributed by atoms with Gasteiger partial charge in [0.25, 0.3) is 0 Å². The highest BCUT2D eigenvalue weighted by Gasteiger charge is 2.12. The molecule has 0 heterocycles. The van der Waals surface area contributed by atoms with Gasteiger partial charge in [0.05, 0.1) is 0 Å². The number of hydrogen-bond acceptors (Lipinski definition) is 1. The lowest BCUT2D eigenvalue weighted by Gasteiger charge is -2.22. The lowest BCUT2D eigenvalue weighted by atomic mass is 10.00. The van der Waals surface area contributed by atoms with Crippen molar-refractivity contribution >= 4 is 34.8 Å². The van der Waals surface area contributed by atoms with Gasteiger partial charge in [0.1, 0.15) is 6.63 Å². The van der Waals surface area contributed by atoms with E-state index in [2.05, 4.69) is 50.6 Å². The number of halogens is 2. The van der Waals surface area contributed by atoms with Crippen LogP contribution in [-0.4, -0.2) is 13.6 Å². The van der Waals surface area contributed by atoms with Crippen molar-refractivity contribution in [2.45, 2.75) is 20.8 Å². The van der Waals surface area contributed by atoms with Crippen molar-refractivity contribution in [2.24, 2.45) is 5.92 Å². The highest BCUT2D eigenvalue weighted by atomic mass is 35.9. The first-order chi connectivity index (χ1) is 10.4. The second-order valence-electron chi connectivity index (χ2n) is 5.54. The molecule has 0 N–H and O–H groups in total. The molecule has 1 nitrogen and oxygen atoms in total. The minimum atomic E-state index is -1.14. The van der Waals surface area contributed by atoms with Crippen molar-refractivity contribution in [3.8, 4) is 0 Å². The van der Waals surface area contributed by atoms with Gasteiger partial charge < -0.3 is 4.90 Å². The summed E-state index contributed by atoms with van der Waals surface area (Å²) >= 11 is 12.3. The zero-order chi connectivity index (χ0) is 16.7. The van der Waals surface area contributed by atoms with E-state index in [0.717, 1.165) is 17.4 Å². The molecule has 0 aromatic heterocycles. The van der Waals surface area contributed by atoms with Gasteiger partial charge in [-0.2, -0.15) is 0 Å². The third-order valence-electron chi connectivity index (χ3n) is 3.57. The summed E-state index contributed by atoms with van der Waals surface area (Å²) in [4.78, 5) is 2.20. The van der Waals surface area contributed by atoms with E-state index in [-0.39, 0.29) is 0 Å². The number of para-hydroxylation sites is 1. The van der Waals surface area contributed by atoms with E-state index in [0.29, 0.717) is 5.92 Å². The van der Waals surface area contributed by atoms with Crippen LogP contribution in [0.1, 0.15) is 20.8 Å². The molecule has 0 saturated carbocycles. The van der Waals surface area contributed by atoms with Crippen molar-refractivity contribution in [3.05, 3.63) is 65.5 Å². The summed E-state index contributed by atoms with van der Waals surface area (Å²) in [6.45, 7) is 9.86. The Balaban J connectivity index is 3.13. The van der Waals surface area contributed by atoms with Crippen LogP contribution in [0.15, 0.2) is 65.5 Å². The molecule has 1 aromatic carbocycles. The number of likely N-dealkylation sites (N-methyl/N-ethyl adjacent to an activating group) is 1. The van der Waals surface area contributed by atoms with Gasteiger partial charge in [-0.05, 0) is 41.4 Å². The third-order valence-corrected chi connectivity index (χ3v) is 5.88. The van der Waals surface area contributed by atoms with Gasteiger partial charge in [0.2, 0.25) is 0 Å². The first kappa shape index (κ1) is 19.3. The van der Waals surface area contributed by atoms with Crippen LogP contribution >= 0.6 is 29.1 Å². The number of allylic oxidation sites excluding steroid dienone is 3. The summed E-state index contributed by atoms with van der Waals surface area (Å²) < 4.78 is 0. The Morgan fingerprint density at radius 2 is 1.86 bits per heavy atom. The molecule has 0 bridgehead atoms. The standard InChI is InChI=1S/C18H24Cl2NP/c1-6-16(14(2)3)12-17(15(4)22(19)20)13-21(5)18-10-8-7-9-11-18/h6-12,14H,1,13H2,2-5H3/b16-12+,17-15-. The zero-order valence-corrected chi connectivity index (χ0v) is 16.1. The topological polar surface area (TPSA) is 3.24 Å². The molecule has 1 aromatic rings. The van der Waals surface area contributed by atoms with Gasteiger partial charge in [-0.25, -0.2) is 0 Å². The Hall–Kier alpha value is -0.750. The Morgan fingerprint density at radius 1 is 1.27 bits per heavy atom. The van der Waals surface area contributed by atoms with Crippen molar-refractivity contribution in [1.29, 1.82) is 0 Å². The highest BCUT2D eigenvalue weighted by Crippen LogP contribution is 2.55. The number of hydrogen-bond donors (Lipinski definition) is 0. The molecule has 0 atom stereocenters. The monoisotopic (exact) mass is 355 g/mol. The first-order valence-electron chi connectivity index (χ1n) is 7.28. The maximum atomic E-state index is 6.16. The summed E-state index contributed by atoms with van der Waals surface area (Å²) in [5, 5.41) is 1.04. The van der Waals surface area contributed by atoms with Crippen LogP contribution in [-0.2, 0) is 0 Å². The first-order valence-corrected chi connectivity index (χ1v) is 10.4. The summed E-state index contributed by atoms with van der Waals surface area (Å²) in [7, 11) is 2.07. The summed E-state index contributed by atoms with van der Waals surface area (Å²) in [6, 6.07) is 10.3. The lowest BCUT2D eigenvalue weighted by Crippen LogP contribution is -2.20. The van der Waals surface area contributed by atoms with Gasteiger partial charge in [-0.15, -0.1) is 0 Å². The van der Waals surface area contributed by atoms with Crippen LogP contribution in [0, 0.1) is 5.92 Å². The van der Waals surface area contributed by atoms with E-state index in [1.54, 1.807) is 0 Å². The maximum Gasteiger partial charge on any atom is 0.112 e. The van der Waals surface area contributed by atoms with Crippen LogP contribution < -0.4 is 4.90 Å². The van der Waals surface area contributed by atoms with E-state index in [4.69, 9.17) is 22.5 Å². The Bertz CT molecular complexity index is 547. The number of rotatable bonds is 7. The summed E-state index contributed by atoms with van der Waals surface area (Å²) in [5.41, 5.74) is 3.52. The van der Waals surface area contributed by atoms with Crippen LogP contribution in [0.4, 0.5) is 5.69 Å². The molecule has 22 heavy (non-hydrogen) atoms. The molecule has 0 spiro atoms. The maximum absolute atomic E-state index is 6.16. The Morgan fingerprint density at radius 3 is 2.32 bits per heavy atom. The fraction of sp³-hybridized carbons (Fsp3) is 0.333. The molecule has 0 saturated heterocycles. The fourth-order valence-corrected chi connectivity index (χ4v) is 3.07. The number of nitrogens with zero attached hydrogens (tertiary/aromatic N) is 1. The predicted molar refractivity (Wildman–Crippen MR) is 104 cm³/mol. The summed E-state index contributed by atoms with van der Waals surface area (Å²) in [5.74, 6) is 0.416. The van der Waals surface area contributed by atoms with Gasteiger partial charge in [0, 0.05) is 19.3 Å². The molecular weight excluding hydrogens is 332 g/mol. The van der Waals surface area contributed by atoms with E-state index in [1.165, 1.54) is 11.3 Å². The molecule has 0 aliphatic rings. The molecule has 0 aliphatic carbocycles. The predicted octanol–water partition coefficient (Wildman–Crippen LogP) is 6.95. The van der Waals surface area contributed by atoms with Crippen molar-refractivity contribution < 1.29 is 0 Å². The van der Waals surface area contributed by atoms with Gasteiger partial charge >= 0.3 is 0 Å². The van der Waals surface area contributed by atoms with Crippen molar-refractivity contribution in [2.75, 3.05) is 18.5 Å². The minimum Gasteiger partial charge on any atom is -0.370 e. The molecule has 0 unspecified atom stereocenters. The Kier molecular flexibility index (Phi) is 8.25.